The zero-order valence-electron chi connectivity index (χ0n) is 8.58. The molecule has 0 aromatic carbocycles. The van der Waals surface area contributed by atoms with Crippen molar-refractivity contribution in [2.45, 2.75) is 39.2 Å². The van der Waals surface area contributed by atoms with Crippen molar-refractivity contribution in [1.29, 1.82) is 0 Å². The number of amides is 1. The largest absolute Gasteiger partial charge is 0.375 e. The Balaban J connectivity index is 2.29. The summed E-state index contributed by atoms with van der Waals surface area (Å²) in [7, 11) is 0. The predicted octanol–water partition coefficient (Wildman–Crippen LogP) is 1.42. The van der Waals surface area contributed by atoms with Crippen LogP contribution in [-0.4, -0.2) is 36.6 Å². The Kier molecular flexibility index (Phi) is 4.22. The standard InChI is InChI=1S/C10H19NO2/c1-3-4-5-10-8-11(9(2)12)6-7-13-10/h10H,3-8H2,1-2H3. The Morgan fingerprint density at radius 1 is 1.62 bits per heavy atom. The van der Waals surface area contributed by atoms with E-state index in [-0.39, 0.29) is 12.0 Å². The lowest BCUT2D eigenvalue weighted by molar-refractivity contribution is -0.136. The molecule has 3 nitrogen and oxygen atoms in total. The Bertz CT molecular complexity index is 170. The van der Waals surface area contributed by atoms with Crippen molar-refractivity contribution in [2.75, 3.05) is 19.7 Å². The number of rotatable bonds is 3. The quantitative estimate of drug-likeness (QED) is 0.665. The summed E-state index contributed by atoms with van der Waals surface area (Å²) < 4.78 is 5.57. The molecule has 1 aliphatic heterocycles. The monoisotopic (exact) mass is 185 g/mol. The van der Waals surface area contributed by atoms with Gasteiger partial charge in [-0.15, -0.1) is 0 Å². The smallest absolute Gasteiger partial charge is 0.219 e. The number of nitrogens with zero attached hydrogens (tertiary/aromatic N) is 1. The zero-order chi connectivity index (χ0) is 9.68. The number of hydrogen-bond donors (Lipinski definition) is 0. The summed E-state index contributed by atoms with van der Waals surface area (Å²) in [6.45, 7) is 6.05. The van der Waals surface area contributed by atoms with Gasteiger partial charge in [0.05, 0.1) is 12.7 Å². The molecule has 1 heterocycles. The highest BCUT2D eigenvalue weighted by Gasteiger charge is 2.21. The fourth-order valence-electron chi connectivity index (χ4n) is 1.61. The van der Waals surface area contributed by atoms with Gasteiger partial charge >= 0.3 is 0 Å². The van der Waals surface area contributed by atoms with Crippen molar-refractivity contribution in [2.24, 2.45) is 0 Å². The number of ether oxygens (including phenoxy) is 1. The zero-order valence-corrected chi connectivity index (χ0v) is 8.58. The molecule has 1 amide bonds. The van der Waals surface area contributed by atoms with E-state index in [9.17, 15) is 4.79 Å². The van der Waals surface area contributed by atoms with E-state index in [1.54, 1.807) is 6.92 Å². The van der Waals surface area contributed by atoms with Gasteiger partial charge in [-0.25, -0.2) is 0 Å². The Labute approximate surface area is 80.1 Å². The Hall–Kier alpha value is -0.570. The third-order valence-corrected chi connectivity index (χ3v) is 2.46. The summed E-state index contributed by atoms with van der Waals surface area (Å²) in [4.78, 5) is 13.0. The highest BCUT2D eigenvalue weighted by molar-refractivity contribution is 5.73. The van der Waals surface area contributed by atoms with Gasteiger partial charge in [-0.1, -0.05) is 19.8 Å². The molecule has 76 valence electrons. The molecule has 0 spiro atoms. The van der Waals surface area contributed by atoms with Crippen LogP contribution in [0.15, 0.2) is 0 Å². The van der Waals surface area contributed by atoms with Gasteiger partial charge in [-0.3, -0.25) is 4.79 Å². The molecule has 1 atom stereocenters. The van der Waals surface area contributed by atoms with Gasteiger partial charge in [-0.05, 0) is 6.42 Å². The van der Waals surface area contributed by atoms with Crippen LogP contribution in [0.5, 0.6) is 0 Å². The molecule has 0 aliphatic carbocycles. The van der Waals surface area contributed by atoms with Crippen LogP contribution in [0, 0.1) is 0 Å². The maximum Gasteiger partial charge on any atom is 0.219 e. The highest BCUT2D eigenvalue weighted by atomic mass is 16.5. The van der Waals surface area contributed by atoms with Crippen molar-refractivity contribution >= 4 is 5.91 Å². The maximum atomic E-state index is 11.1. The average Bonchev–Trinajstić information content (AvgIpc) is 2.15. The lowest BCUT2D eigenvalue weighted by Crippen LogP contribution is -2.44. The lowest BCUT2D eigenvalue weighted by atomic mass is 10.1. The van der Waals surface area contributed by atoms with E-state index in [0.29, 0.717) is 6.61 Å². The second-order valence-electron chi connectivity index (χ2n) is 3.60. The molecular formula is C10H19NO2. The molecule has 3 heteroatoms. The number of unbranched alkanes of at least 4 members (excludes halogenated alkanes) is 1. The lowest BCUT2D eigenvalue weighted by Gasteiger charge is -2.32. The van der Waals surface area contributed by atoms with Gasteiger partial charge in [0.2, 0.25) is 5.91 Å². The van der Waals surface area contributed by atoms with Crippen molar-refractivity contribution in [1.82, 2.24) is 4.90 Å². The molecule has 1 aliphatic rings. The van der Waals surface area contributed by atoms with Gasteiger partial charge in [0, 0.05) is 20.0 Å². The van der Waals surface area contributed by atoms with Crippen molar-refractivity contribution in [3.8, 4) is 0 Å². The third kappa shape index (κ3) is 3.35. The fraction of sp³-hybridized carbons (Fsp3) is 0.900. The first-order valence-electron chi connectivity index (χ1n) is 5.11. The first-order valence-corrected chi connectivity index (χ1v) is 5.11. The van der Waals surface area contributed by atoms with Gasteiger partial charge in [0.25, 0.3) is 0 Å². The number of carbonyl (C=O) groups is 1. The van der Waals surface area contributed by atoms with E-state index >= 15 is 0 Å². The molecule has 0 radical (unpaired) electrons. The Morgan fingerprint density at radius 2 is 2.38 bits per heavy atom. The van der Waals surface area contributed by atoms with Crippen LogP contribution in [-0.2, 0) is 9.53 Å². The SMILES string of the molecule is CCCCC1CN(C(C)=O)CCO1. The topological polar surface area (TPSA) is 29.5 Å². The van der Waals surface area contributed by atoms with Crippen LogP contribution in [0.2, 0.25) is 0 Å². The summed E-state index contributed by atoms with van der Waals surface area (Å²) >= 11 is 0. The summed E-state index contributed by atoms with van der Waals surface area (Å²) in [5, 5.41) is 0. The minimum Gasteiger partial charge on any atom is -0.375 e. The number of hydrogen-bond acceptors (Lipinski definition) is 2. The highest BCUT2D eigenvalue weighted by Crippen LogP contribution is 2.11. The van der Waals surface area contributed by atoms with E-state index in [2.05, 4.69) is 6.92 Å². The predicted molar refractivity (Wildman–Crippen MR) is 51.5 cm³/mol. The molecule has 1 unspecified atom stereocenters. The first kappa shape index (κ1) is 10.5. The summed E-state index contributed by atoms with van der Waals surface area (Å²) in [6, 6.07) is 0. The van der Waals surface area contributed by atoms with Crippen molar-refractivity contribution in [3.05, 3.63) is 0 Å². The van der Waals surface area contributed by atoms with E-state index in [4.69, 9.17) is 4.74 Å². The Morgan fingerprint density at radius 3 is 3.00 bits per heavy atom. The van der Waals surface area contributed by atoms with Crippen LogP contribution in [0.3, 0.4) is 0 Å². The average molecular weight is 185 g/mol. The third-order valence-electron chi connectivity index (χ3n) is 2.46. The van der Waals surface area contributed by atoms with Gasteiger partial charge < -0.3 is 9.64 Å². The molecule has 0 bridgehead atoms. The molecule has 1 rings (SSSR count). The van der Waals surface area contributed by atoms with E-state index < -0.39 is 0 Å². The first-order chi connectivity index (χ1) is 6.24. The van der Waals surface area contributed by atoms with Crippen LogP contribution < -0.4 is 0 Å². The van der Waals surface area contributed by atoms with Gasteiger partial charge in [0.15, 0.2) is 0 Å². The number of carbonyl (C=O) groups excluding carboxylic acids is 1. The van der Waals surface area contributed by atoms with Crippen molar-refractivity contribution < 1.29 is 9.53 Å². The minimum absolute atomic E-state index is 0.171. The van der Waals surface area contributed by atoms with E-state index in [0.717, 1.165) is 19.5 Å². The summed E-state index contributed by atoms with van der Waals surface area (Å²) in [5.74, 6) is 0.171. The molecule has 1 fully saturated rings. The normalized spacial score (nSPS) is 23.2. The van der Waals surface area contributed by atoms with Crippen LogP contribution >= 0.6 is 0 Å². The fourth-order valence-corrected chi connectivity index (χ4v) is 1.61. The van der Waals surface area contributed by atoms with Gasteiger partial charge in [-0.2, -0.15) is 0 Å². The molecule has 0 N–H and O–H groups in total. The minimum atomic E-state index is 0.171. The molecule has 1 saturated heterocycles. The molecular weight excluding hydrogens is 166 g/mol. The van der Waals surface area contributed by atoms with E-state index in [1.165, 1.54) is 12.8 Å². The second-order valence-corrected chi connectivity index (χ2v) is 3.60. The van der Waals surface area contributed by atoms with Crippen LogP contribution in [0.25, 0.3) is 0 Å². The van der Waals surface area contributed by atoms with Crippen LogP contribution in [0.4, 0.5) is 0 Å². The summed E-state index contributed by atoms with van der Waals surface area (Å²) in [5.41, 5.74) is 0. The number of morpholine rings is 1. The molecule has 0 aromatic rings. The second kappa shape index (κ2) is 5.22. The molecule has 0 saturated carbocycles. The van der Waals surface area contributed by atoms with Crippen molar-refractivity contribution in [3.63, 3.8) is 0 Å². The van der Waals surface area contributed by atoms with Crippen LogP contribution in [0.1, 0.15) is 33.1 Å². The molecule has 0 aromatic heterocycles. The molecule has 13 heavy (non-hydrogen) atoms. The summed E-state index contributed by atoms with van der Waals surface area (Å²) in [6.07, 6.45) is 3.74. The van der Waals surface area contributed by atoms with Gasteiger partial charge in [0.1, 0.15) is 0 Å². The van der Waals surface area contributed by atoms with E-state index in [1.807, 2.05) is 4.90 Å². The maximum absolute atomic E-state index is 11.1.